The maximum Gasteiger partial charge on any atom is 0.328 e. The van der Waals surface area contributed by atoms with Crippen LogP contribution < -0.4 is 0 Å². The summed E-state index contributed by atoms with van der Waals surface area (Å²) < 4.78 is 0. The Hall–Kier alpha value is -1.35. The van der Waals surface area contributed by atoms with Crippen LogP contribution >= 0.6 is 0 Å². The van der Waals surface area contributed by atoms with Crippen LogP contribution in [0.1, 0.15) is 26.7 Å². The van der Waals surface area contributed by atoms with E-state index in [-0.39, 0.29) is 6.10 Å². The molecule has 0 aliphatic carbocycles. The molecule has 90 valence electrons. The second-order valence-electron chi connectivity index (χ2n) is 4.03. The highest BCUT2D eigenvalue weighted by Gasteiger charge is 2.03. The van der Waals surface area contributed by atoms with Gasteiger partial charge in [0, 0.05) is 6.08 Å². The number of aliphatic carboxylic acids is 1. The van der Waals surface area contributed by atoms with Gasteiger partial charge in [0.25, 0.3) is 0 Å². The van der Waals surface area contributed by atoms with E-state index in [0.29, 0.717) is 12.3 Å². The van der Waals surface area contributed by atoms with Gasteiger partial charge in [0.05, 0.1) is 6.10 Å². The summed E-state index contributed by atoms with van der Waals surface area (Å²) in [7, 11) is 0. The first-order valence-electron chi connectivity index (χ1n) is 5.43. The van der Waals surface area contributed by atoms with Gasteiger partial charge in [-0.3, -0.25) is 0 Å². The molecule has 0 rings (SSSR count). The molecule has 0 radical (unpaired) electrons. The van der Waals surface area contributed by atoms with Gasteiger partial charge in [-0.1, -0.05) is 44.2 Å². The first kappa shape index (κ1) is 14.6. The minimum Gasteiger partial charge on any atom is -0.478 e. The van der Waals surface area contributed by atoms with E-state index in [1.54, 1.807) is 18.2 Å². The van der Waals surface area contributed by atoms with Crippen molar-refractivity contribution in [1.29, 1.82) is 0 Å². The van der Waals surface area contributed by atoms with Gasteiger partial charge >= 0.3 is 5.97 Å². The van der Waals surface area contributed by atoms with Gasteiger partial charge in [0.2, 0.25) is 0 Å². The number of allylic oxidation sites excluding steroid dienone is 4. The molecule has 0 aliphatic rings. The van der Waals surface area contributed by atoms with Crippen LogP contribution in [0.15, 0.2) is 36.5 Å². The van der Waals surface area contributed by atoms with Crippen molar-refractivity contribution < 1.29 is 15.0 Å². The summed E-state index contributed by atoms with van der Waals surface area (Å²) in [5.41, 5.74) is 0. The quantitative estimate of drug-likeness (QED) is 0.516. The molecule has 0 saturated carbocycles. The van der Waals surface area contributed by atoms with Gasteiger partial charge in [0.15, 0.2) is 0 Å². The van der Waals surface area contributed by atoms with E-state index in [1.165, 1.54) is 6.08 Å². The van der Waals surface area contributed by atoms with Crippen LogP contribution in [-0.2, 0) is 4.79 Å². The highest BCUT2D eigenvalue weighted by molar-refractivity contribution is 5.80. The molecule has 0 heterocycles. The number of hydrogen-bond acceptors (Lipinski definition) is 2. The van der Waals surface area contributed by atoms with Gasteiger partial charge in [-0.25, -0.2) is 4.79 Å². The number of rotatable bonds is 7. The number of carboxylic acid groups (broad SMARTS) is 1. The van der Waals surface area contributed by atoms with E-state index in [9.17, 15) is 9.90 Å². The number of hydrogen-bond donors (Lipinski definition) is 2. The van der Waals surface area contributed by atoms with Gasteiger partial charge in [-0.15, -0.1) is 0 Å². The van der Waals surface area contributed by atoms with Crippen molar-refractivity contribution in [3.05, 3.63) is 36.5 Å². The van der Waals surface area contributed by atoms with Crippen molar-refractivity contribution in [2.45, 2.75) is 32.8 Å². The summed E-state index contributed by atoms with van der Waals surface area (Å²) in [5, 5.41) is 17.8. The number of aliphatic hydroxyl groups excluding tert-OH is 1. The number of aliphatic hydroxyl groups is 1. The maximum absolute atomic E-state index is 10.1. The summed E-state index contributed by atoms with van der Waals surface area (Å²) in [6.07, 6.45) is 10.7. The van der Waals surface area contributed by atoms with Crippen molar-refractivity contribution in [3.8, 4) is 0 Å². The zero-order valence-electron chi connectivity index (χ0n) is 9.84. The lowest BCUT2D eigenvalue weighted by Gasteiger charge is -2.09. The fourth-order valence-corrected chi connectivity index (χ4v) is 1.22. The molecular weight excluding hydrogens is 204 g/mol. The van der Waals surface area contributed by atoms with E-state index in [2.05, 4.69) is 13.8 Å². The smallest absolute Gasteiger partial charge is 0.328 e. The summed E-state index contributed by atoms with van der Waals surface area (Å²) in [5.74, 6) is -0.460. The summed E-state index contributed by atoms with van der Waals surface area (Å²) in [6, 6.07) is 0. The van der Waals surface area contributed by atoms with Crippen molar-refractivity contribution in [2.24, 2.45) is 5.92 Å². The average Bonchev–Trinajstić information content (AvgIpc) is 2.14. The van der Waals surface area contributed by atoms with E-state index in [1.807, 2.05) is 6.08 Å². The van der Waals surface area contributed by atoms with Gasteiger partial charge < -0.3 is 10.2 Å². The van der Waals surface area contributed by atoms with E-state index in [0.717, 1.165) is 12.5 Å². The molecular formula is C13H20O3. The second kappa shape index (κ2) is 8.92. The summed E-state index contributed by atoms with van der Waals surface area (Å²) in [6.45, 7) is 4.15. The highest BCUT2D eigenvalue weighted by atomic mass is 16.4. The fourth-order valence-electron chi connectivity index (χ4n) is 1.22. The SMILES string of the molecule is CC(C)CC(O)C/C=C/C=C/C=C/C(=O)O. The van der Waals surface area contributed by atoms with Crippen LogP contribution in [-0.4, -0.2) is 22.3 Å². The van der Waals surface area contributed by atoms with Crippen LogP contribution in [0.25, 0.3) is 0 Å². The molecule has 0 aromatic heterocycles. The molecule has 0 bridgehead atoms. The van der Waals surface area contributed by atoms with Gasteiger partial charge in [0.1, 0.15) is 0 Å². The van der Waals surface area contributed by atoms with E-state index >= 15 is 0 Å². The monoisotopic (exact) mass is 224 g/mol. The topological polar surface area (TPSA) is 57.5 Å². The molecule has 0 aromatic carbocycles. The van der Waals surface area contributed by atoms with Crippen molar-refractivity contribution in [2.75, 3.05) is 0 Å². The minimum atomic E-state index is -0.957. The Morgan fingerprint density at radius 1 is 1.19 bits per heavy atom. The molecule has 0 saturated heterocycles. The van der Waals surface area contributed by atoms with Gasteiger partial charge in [-0.2, -0.15) is 0 Å². The Labute approximate surface area is 96.8 Å². The average molecular weight is 224 g/mol. The standard InChI is InChI=1S/C13H20O3/c1-11(2)10-12(14)8-6-4-3-5-7-9-13(15)16/h3-7,9,11-12,14H,8,10H2,1-2H3,(H,15,16)/b5-3+,6-4+,9-7+. The number of carbonyl (C=O) groups is 1. The zero-order valence-corrected chi connectivity index (χ0v) is 9.84. The molecule has 0 aromatic rings. The van der Waals surface area contributed by atoms with Crippen molar-refractivity contribution >= 4 is 5.97 Å². The fraction of sp³-hybridized carbons (Fsp3) is 0.462. The predicted octanol–water partition coefficient (Wildman–Crippen LogP) is 2.54. The first-order chi connectivity index (χ1) is 7.52. The molecule has 16 heavy (non-hydrogen) atoms. The van der Waals surface area contributed by atoms with Crippen molar-refractivity contribution in [3.63, 3.8) is 0 Å². The lowest BCUT2D eigenvalue weighted by molar-refractivity contribution is -0.131. The number of carboxylic acids is 1. The molecule has 1 unspecified atom stereocenters. The Kier molecular flexibility index (Phi) is 8.17. The van der Waals surface area contributed by atoms with Crippen LogP contribution in [0, 0.1) is 5.92 Å². The largest absolute Gasteiger partial charge is 0.478 e. The lowest BCUT2D eigenvalue weighted by Crippen LogP contribution is -2.08. The lowest BCUT2D eigenvalue weighted by atomic mass is 10.0. The van der Waals surface area contributed by atoms with Crippen LogP contribution in [0.5, 0.6) is 0 Å². The second-order valence-corrected chi connectivity index (χ2v) is 4.03. The molecule has 2 N–H and O–H groups in total. The Morgan fingerprint density at radius 2 is 1.81 bits per heavy atom. The van der Waals surface area contributed by atoms with Crippen LogP contribution in [0.4, 0.5) is 0 Å². The normalized spacial score (nSPS) is 14.5. The summed E-state index contributed by atoms with van der Waals surface area (Å²) >= 11 is 0. The maximum atomic E-state index is 10.1. The van der Waals surface area contributed by atoms with Crippen molar-refractivity contribution in [1.82, 2.24) is 0 Å². The van der Waals surface area contributed by atoms with Crippen LogP contribution in [0.3, 0.4) is 0 Å². The molecule has 3 nitrogen and oxygen atoms in total. The van der Waals surface area contributed by atoms with Crippen LogP contribution in [0.2, 0.25) is 0 Å². The van der Waals surface area contributed by atoms with E-state index in [4.69, 9.17) is 5.11 Å². The van der Waals surface area contributed by atoms with Gasteiger partial charge in [-0.05, 0) is 18.8 Å². The minimum absolute atomic E-state index is 0.292. The molecule has 1 atom stereocenters. The molecule has 0 fully saturated rings. The van der Waals surface area contributed by atoms with E-state index < -0.39 is 5.97 Å². The Bertz CT molecular complexity index is 275. The molecule has 0 spiro atoms. The highest BCUT2D eigenvalue weighted by Crippen LogP contribution is 2.07. The third-order valence-electron chi connectivity index (χ3n) is 1.86. The molecule has 0 aliphatic heterocycles. The predicted molar refractivity (Wildman–Crippen MR) is 65.1 cm³/mol. The third kappa shape index (κ3) is 10.7. The first-order valence-corrected chi connectivity index (χ1v) is 5.43. The molecule has 0 amide bonds. The zero-order chi connectivity index (χ0) is 12.4. The summed E-state index contributed by atoms with van der Waals surface area (Å²) in [4.78, 5) is 10.1. The molecule has 3 heteroatoms. The Balaban J connectivity index is 3.73. The Morgan fingerprint density at radius 3 is 2.38 bits per heavy atom. The third-order valence-corrected chi connectivity index (χ3v) is 1.86.